The van der Waals surface area contributed by atoms with Crippen LogP contribution in [0.25, 0.3) is 0 Å². The van der Waals surface area contributed by atoms with E-state index in [0.717, 1.165) is 25.7 Å². The Bertz CT molecular complexity index is 438. The van der Waals surface area contributed by atoms with Crippen molar-refractivity contribution in [3.63, 3.8) is 0 Å². The smallest absolute Gasteiger partial charge is 0.127 e. The zero-order valence-electron chi connectivity index (χ0n) is 12.2. The minimum absolute atomic E-state index is 0.260. The molecule has 0 amide bonds. The second kappa shape index (κ2) is 6.42. The summed E-state index contributed by atoms with van der Waals surface area (Å²) in [6.07, 6.45) is 5.00. The van der Waals surface area contributed by atoms with Crippen LogP contribution in [0.4, 0.5) is 4.39 Å². The molecule has 1 saturated carbocycles. The Kier molecular flexibility index (Phi) is 5.05. The van der Waals surface area contributed by atoms with Crippen molar-refractivity contribution < 1.29 is 9.50 Å². The maximum atomic E-state index is 13.9. The molecule has 1 aromatic rings. The summed E-state index contributed by atoms with van der Waals surface area (Å²) in [4.78, 5) is 2.10. The summed E-state index contributed by atoms with van der Waals surface area (Å²) in [6, 6.07) is 4.67. The van der Waals surface area contributed by atoms with E-state index in [1.54, 1.807) is 12.1 Å². The van der Waals surface area contributed by atoms with Gasteiger partial charge >= 0.3 is 0 Å². The molecule has 0 radical (unpaired) electrons. The number of aliphatic hydroxyl groups excluding tert-OH is 1. The minimum Gasteiger partial charge on any atom is -0.391 e. The molecule has 1 unspecified atom stereocenters. The van der Waals surface area contributed by atoms with Gasteiger partial charge in [-0.15, -0.1) is 0 Å². The molecule has 0 heterocycles. The molecule has 1 atom stereocenters. The summed E-state index contributed by atoms with van der Waals surface area (Å²) >= 11 is 6.07. The van der Waals surface area contributed by atoms with Crippen molar-refractivity contribution in [1.29, 1.82) is 0 Å². The van der Waals surface area contributed by atoms with E-state index in [-0.39, 0.29) is 17.8 Å². The van der Waals surface area contributed by atoms with Crippen molar-refractivity contribution in [2.45, 2.75) is 50.2 Å². The van der Waals surface area contributed by atoms with Crippen molar-refractivity contribution in [3.8, 4) is 0 Å². The van der Waals surface area contributed by atoms with Crippen molar-refractivity contribution in [2.24, 2.45) is 0 Å². The lowest BCUT2D eigenvalue weighted by Gasteiger charge is -2.46. The molecule has 0 bridgehead atoms. The Morgan fingerprint density at radius 1 is 1.30 bits per heavy atom. The molecular formula is C16H23ClFNO. The van der Waals surface area contributed by atoms with Gasteiger partial charge in [-0.2, -0.15) is 0 Å². The van der Waals surface area contributed by atoms with Crippen LogP contribution in [0.5, 0.6) is 0 Å². The maximum absolute atomic E-state index is 13.9. The quantitative estimate of drug-likeness (QED) is 0.917. The molecule has 2 rings (SSSR count). The first-order valence-corrected chi connectivity index (χ1v) is 7.63. The third-order valence-corrected chi connectivity index (χ3v) is 5.04. The van der Waals surface area contributed by atoms with Crippen molar-refractivity contribution in [2.75, 3.05) is 14.1 Å². The van der Waals surface area contributed by atoms with Gasteiger partial charge in [0, 0.05) is 22.5 Å². The van der Waals surface area contributed by atoms with E-state index in [2.05, 4.69) is 4.90 Å². The number of nitrogens with zero attached hydrogens (tertiary/aromatic N) is 1. The van der Waals surface area contributed by atoms with Gasteiger partial charge in [-0.1, -0.05) is 36.9 Å². The van der Waals surface area contributed by atoms with Crippen LogP contribution in [0.2, 0.25) is 5.02 Å². The van der Waals surface area contributed by atoms with Crippen LogP contribution in [0.15, 0.2) is 18.2 Å². The highest BCUT2D eigenvalue weighted by Crippen LogP contribution is 2.37. The van der Waals surface area contributed by atoms with E-state index in [1.807, 2.05) is 14.1 Å². The number of benzene rings is 1. The minimum atomic E-state index is -0.604. The summed E-state index contributed by atoms with van der Waals surface area (Å²) in [5, 5.41) is 11.1. The predicted molar refractivity (Wildman–Crippen MR) is 80.6 cm³/mol. The molecule has 1 fully saturated rings. The molecule has 1 aliphatic carbocycles. The second-order valence-corrected chi connectivity index (χ2v) is 6.39. The Morgan fingerprint density at radius 3 is 2.50 bits per heavy atom. The number of likely N-dealkylation sites (N-methyl/N-ethyl adjacent to an activating group) is 1. The topological polar surface area (TPSA) is 23.5 Å². The van der Waals surface area contributed by atoms with E-state index in [0.29, 0.717) is 10.6 Å². The molecule has 1 N–H and O–H groups in total. The fraction of sp³-hybridized carbons (Fsp3) is 0.625. The predicted octanol–water partition coefficient (Wildman–Crippen LogP) is 3.65. The van der Waals surface area contributed by atoms with Gasteiger partial charge in [-0.25, -0.2) is 4.39 Å². The van der Waals surface area contributed by atoms with E-state index in [1.165, 1.54) is 12.5 Å². The van der Waals surface area contributed by atoms with Gasteiger partial charge in [0.2, 0.25) is 0 Å². The third kappa shape index (κ3) is 3.00. The average molecular weight is 300 g/mol. The lowest BCUT2D eigenvalue weighted by atomic mass is 9.75. The van der Waals surface area contributed by atoms with E-state index in [9.17, 15) is 9.50 Å². The zero-order chi connectivity index (χ0) is 14.8. The Balaban J connectivity index is 2.23. The highest BCUT2D eigenvalue weighted by atomic mass is 35.5. The van der Waals surface area contributed by atoms with Gasteiger partial charge < -0.3 is 10.0 Å². The molecule has 4 heteroatoms. The van der Waals surface area contributed by atoms with E-state index >= 15 is 0 Å². The molecule has 20 heavy (non-hydrogen) atoms. The van der Waals surface area contributed by atoms with Crippen LogP contribution < -0.4 is 0 Å². The lowest BCUT2D eigenvalue weighted by Crippen LogP contribution is -2.55. The number of rotatable bonds is 4. The standard InChI is InChI=1S/C16H23ClFNO/c1-19(2)16(9-4-3-5-10-16)15(20)11-12-13(17)7-6-8-14(12)18/h6-8,15,20H,3-5,9-11H2,1-2H3. The van der Waals surface area contributed by atoms with Crippen molar-refractivity contribution in [3.05, 3.63) is 34.6 Å². The first kappa shape index (κ1) is 15.7. The molecule has 1 aromatic carbocycles. The first-order valence-electron chi connectivity index (χ1n) is 7.26. The second-order valence-electron chi connectivity index (χ2n) is 5.98. The summed E-state index contributed by atoms with van der Waals surface area (Å²) in [5.74, 6) is -0.332. The molecule has 0 spiro atoms. The molecular weight excluding hydrogens is 277 g/mol. The van der Waals surface area contributed by atoms with Crippen molar-refractivity contribution >= 4 is 11.6 Å². The highest BCUT2D eigenvalue weighted by Gasteiger charge is 2.41. The SMILES string of the molecule is CN(C)C1(C(O)Cc2c(F)cccc2Cl)CCCCC1. The zero-order valence-corrected chi connectivity index (χ0v) is 13.0. The summed E-state index contributed by atoms with van der Waals surface area (Å²) in [6.45, 7) is 0. The normalized spacial score (nSPS) is 20.1. The van der Waals surface area contributed by atoms with Crippen LogP contribution in [0, 0.1) is 5.82 Å². The van der Waals surface area contributed by atoms with Gasteiger partial charge in [-0.3, -0.25) is 0 Å². The summed E-state index contributed by atoms with van der Waals surface area (Å²) in [7, 11) is 4.00. The van der Waals surface area contributed by atoms with Gasteiger partial charge in [0.15, 0.2) is 0 Å². The van der Waals surface area contributed by atoms with Gasteiger partial charge in [-0.05, 0) is 39.1 Å². The molecule has 1 aliphatic rings. The third-order valence-electron chi connectivity index (χ3n) is 4.69. The van der Waals surface area contributed by atoms with E-state index in [4.69, 9.17) is 11.6 Å². The first-order chi connectivity index (χ1) is 9.47. The Morgan fingerprint density at radius 2 is 1.95 bits per heavy atom. The average Bonchev–Trinajstić information content (AvgIpc) is 2.43. The largest absolute Gasteiger partial charge is 0.391 e. The molecule has 0 aliphatic heterocycles. The van der Waals surface area contributed by atoms with Crippen LogP contribution in [0.1, 0.15) is 37.7 Å². The molecule has 2 nitrogen and oxygen atoms in total. The Labute approximate surface area is 125 Å². The fourth-order valence-corrected chi connectivity index (χ4v) is 3.59. The van der Waals surface area contributed by atoms with Crippen LogP contribution in [-0.4, -0.2) is 35.7 Å². The number of hydrogen-bond acceptors (Lipinski definition) is 2. The van der Waals surface area contributed by atoms with Crippen molar-refractivity contribution in [1.82, 2.24) is 4.90 Å². The van der Waals surface area contributed by atoms with E-state index < -0.39 is 6.10 Å². The number of hydrogen-bond donors (Lipinski definition) is 1. The van der Waals surface area contributed by atoms with Gasteiger partial charge in [0.05, 0.1) is 6.10 Å². The fourth-order valence-electron chi connectivity index (χ4n) is 3.35. The lowest BCUT2D eigenvalue weighted by molar-refractivity contribution is -0.0313. The molecule has 112 valence electrons. The number of halogens is 2. The van der Waals surface area contributed by atoms with Gasteiger partial charge in [0.25, 0.3) is 0 Å². The monoisotopic (exact) mass is 299 g/mol. The maximum Gasteiger partial charge on any atom is 0.127 e. The number of aliphatic hydroxyl groups is 1. The molecule has 0 saturated heterocycles. The molecule has 0 aromatic heterocycles. The van der Waals surface area contributed by atoms with Gasteiger partial charge in [0.1, 0.15) is 5.82 Å². The summed E-state index contributed by atoms with van der Waals surface area (Å²) < 4.78 is 13.9. The van der Waals surface area contributed by atoms with Crippen LogP contribution >= 0.6 is 11.6 Å². The highest BCUT2D eigenvalue weighted by molar-refractivity contribution is 6.31. The van der Waals surface area contributed by atoms with Crippen LogP contribution in [0.3, 0.4) is 0 Å². The van der Waals surface area contributed by atoms with Crippen LogP contribution in [-0.2, 0) is 6.42 Å². The Hall–Kier alpha value is -0.640. The summed E-state index contributed by atoms with van der Waals surface area (Å²) in [5.41, 5.74) is 0.164.